The van der Waals surface area contributed by atoms with Gasteiger partial charge in [0.15, 0.2) is 0 Å². The molecule has 1 rings (SSSR count). The van der Waals surface area contributed by atoms with Gasteiger partial charge in [-0.2, -0.15) is 0 Å². The minimum absolute atomic E-state index is 0.0285. The number of amides is 3. The lowest BCUT2D eigenvalue weighted by molar-refractivity contribution is -0.119. The second kappa shape index (κ2) is 5.72. The van der Waals surface area contributed by atoms with Crippen LogP contribution in [0.1, 0.15) is 32.6 Å². The average molecular weight is 227 g/mol. The molecule has 2 N–H and O–H groups in total. The standard InChI is InChI=1S/C11H21N3O2/c1-8(15)12-9-4-6-10(7-5-9)13-11(16)14(2)3/h9-10H,4-7H2,1-3H3,(H,12,15)(H,13,16). The molecule has 5 heteroatoms. The molecule has 1 saturated carbocycles. The van der Waals surface area contributed by atoms with Crippen molar-refractivity contribution in [2.75, 3.05) is 14.1 Å². The summed E-state index contributed by atoms with van der Waals surface area (Å²) in [4.78, 5) is 23.8. The highest BCUT2D eigenvalue weighted by Crippen LogP contribution is 2.18. The van der Waals surface area contributed by atoms with Gasteiger partial charge in [-0.3, -0.25) is 4.79 Å². The van der Waals surface area contributed by atoms with Crippen LogP contribution in [-0.4, -0.2) is 43.0 Å². The van der Waals surface area contributed by atoms with Gasteiger partial charge < -0.3 is 15.5 Å². The van der Waals surface area contributed by atoms with Crippen LogP contribution in [0.2, 0.25) is 0 Å². The van der Waals surface area contributed by atoms with Crippen molar-refractivity contribution in [3.63, 3.8) is 0 Å². The number of hydrogen-bond acceptors (Lipinski definition) is 2. The molecular weight excluding hydrogens is 206 g/mol. The predicted molar refractivity (Wildman–Crippen MR) is 62.1 cm³/mol. The van der Waals surface area contributed by atoms with E-state index in [1.165, 1.54) is 0 Å². The molecule has 0 atom stereocenters. The van der Waals surface area contributed by atoms with Crippen molar-refractivity contribution in [2.24, 2.45) is 0 Å². The van der Waals surface area contributed by atoms with Crippen molar-refractivity contribution in [1.82, 2.24) is 15.5 Å². The summed E-state index contributed by atoms with van der Waals surface area (Å²) >= 11 is 0. The van der Waals surface area contributed by atoms with Gasteiger partial charge in [0.2, 0.25) is 5.91 Å². The van der Waals surface area contributed by atoms with E-state index in [-0.39, 0.29) is 24.0 Å². The Kier molecular flexibility index (Phi) is 4.58. The number of nitrogens with zero attached hydrogens (tertiary/aromatic N) is 1. The van der Waals surface area contributed by atoms with Crippen LogP contribution < -0.4 is 10.6 Å². The number of rotatable bonds is 2. The normalized spacial score (nSPS) is 24.7. The maximum absolute atomic E-state index is 11.4. The molecule has 0 aromatic rings. The van der Waals surface area contributed by atoms with E-state index in [9.17, 15) is 9.59 Å². The fourth-order valence-corrected chi connectivity index (χ4v) is 1.97. The van der Waals surface area contributed by atoms with Crippen LogP contribution in [0.5, 0.6) is 0 Å². The smallest absolute Gasteiger partial charge is 0.317 e. The molecule has 0 aromatic heterocycles. The van der Waals surface area contributed by atoms with Crippen molar-refractivity contribution in [1.29, 1.82) is 0 Å². The van der Waals surface area contributed by atoms with E-state index in [1.54, 1.807) is 25.9 Å². The number of carbonyl (C=O) groups excluding carboxylic acids is 2. The zero-order chi connectivity index (χ0) is 12.1. The van der Waals surface area contributed by atoms with Crippen molar-refractivity contribution in [3.05, 3.63) is 0 Å². The lowest BCUT2D eigenvalue weighted by Gasteiger charge is -2.30. The van der Waals surface area contributed by atoms with Crippen molar-refractivity contribution >= 4 is 11.9 Å². The molecule has 0 saturated heterocycles. The number of nitrogens with one attached hydrogen (secondary N) is 2. The van der Waals surface area contributed by atoms with E-state index < -0.39 is 0 Å². The van der Waals surface area contributed by atoms with Gasteiger partial charge in [0.05, 0.1) is 0 Å². The summed E-state index contributed by atoms with van der Waals surface area (Å²) in [5.74, 6) is 0.0285. The highest BCUT2D eigenvalue weighted by Gasteiger charge is 2.22. The Morgan fingerprint density at radius 1 is 1.00 bits per heavy atom. The summed E-state index contributed by atoms with van der Waals surface area (Å²) in [6.45, 7) is 1.54. The zero-order valence-electron chi connectivity index (χ0n) is 10.2. The van der Waals surface area contributed by atoms with Crippen molar-refractivity contribution in [3.8, 4) is 0 Å². The van der Waals surface area contributed by atoms with E-state index >= 15 is 0 Å². The molecule has 0 aliphatic heterocycles. The first-order valence-electron chi connectivity index (χ1n) is 5.74. The summed E-state index contributed by atoms with van der Waals surface area (Å²) < 4.78 is 0. The van der Waals surface area contributed by atoms with E-state index in [0.717, 1.165) is 25.7 Å². The van der Waals surface area contributed by atoms with Crippen LogP contribution in [0.3, 0.4) is 0 Å². The van der Waals surface area contributed by atoms with Gasteiger partial charge in [-0.1, -0.05) is 0 Å². The molecule has 0 unspecified atom stereocenters. The molecule has 1 aliphatic rings. The fourth-order valence-electron chi connectivity index (χ4n) is 1.97. The second-order valence-electron chi connectivity index (χ2n) is 4.59. The summed E-state index contributed by atoms with van der Waals surface area (Å²) in [7, 11) is 3.47. The van der Waals surface area contributed by atoms with Gasteiger partial charge in [-0.05, 0) is 25.7 Å². The third kappa shape index (κ3) is 4.08. The third-order valence-electron chi connectivity index (χ3n) is 2.87. The highest BCUT2D eigenvalue weighted by molar-refractivity contribution is 5.74. The Bertz CT molecular complexity index is 258. The van der Waals surface area contributed by atoms with Gasteiger partial charge in [0.25, 0.3) is 0 Å². The summed E-state index contributed by atoms with van der Waals surface area (Å²) in [5, 5.41) is 5.88. The Morgan fingerprint density at radius 3 is 1.81 bits per heavy atom. The molecule has 0 spiro atoms. The van der Waals surface area contributed by atoms with Crippen LogP contribution in [0.15, 0.2) is 0 Å². The van der Waals surface area contributed by atoms with Crippen LogP contribution in [0, 0.1) is 0 Å². The average Bonchev–Trinajstić information content (AvgIpc) is 2.20. The van der Waals surface area contributed by atoms with Gasteiger partial charge in [0, 0.05) is 33.1 Å². The maximum atomic E-state index is 11.4. The van der Waals surface area contributed by atoms with Gasteiger partial charge in [-0.25, -0.2) is 4.79 Å². The summed E-state index contributed by atoms with van der Waals surface area (Å²) in [6, 6.07) is 0.493. The molecule has 0 radical (unpaired) electrons. The third-order valence-corrected chi connectivity index (χ3v) is 2.87. The van der Waals surface area contributed by atoms with Crippen LogP contribution in [-0.2, 0) is 4.79 Å². The van der Waals surface area contributed by atoms with E-state index in [2.05, 4.69) is 10.6 Å². The van der Waals surface area contributed by atoms with Crippen molar-refractivity contribution in [2.45, 2.75) is 44.7 Å². The Hall–Kier alpha value is -1.26. The van der Waals surface area contributed by atoms with Crippen molar-refractivity contribution < 1.29 is 9.59 Å². The molecule has 1 aliphatic carbocycles. The molecule has 5 nitrogen and oxygen atoms in total. The molecule has 92 valence electrons. The van der Waals surface area contributed by atoms with E-state index in [1.807, 2.05) is 0 Å². The summed E-state index contributed by atoms with van der Waals surface area (Å²) in [6.07, 6.45) is 3.75. The first-order valence-corrected chi connectivity index (χ1v) is 5.74. The number of urea groups is 1. The lowest BCUT2D eigenvalue weighted by Crippen LogP contribution is -2.46. The van der Waals surface area contributed by atoms with Crippen LogP contribution in [0.25, 0.3) is 0 Å². The highest BCUT2D eigenvalue weighted by atomic mass is 16.2. The van der Waals surface area contributed by atoms with Gasteiger partial charge in [0.1, 0.15) is 0 Å². The fraction of sp³-hybridized carbons (Fsp3) is 0.818. The minimum atomic E-state index is -0.0389. The second-order valence-corrected chi connectivity index (χ2v) is 4.59. The predicted octanol–water partition coefficient (Wildman–Crippen LogP) is 0.705. The minimum Gasteiger partial charge on any atom is -0.354 e. The van der Waals surface area contributed by atoms with E-state index in [0.29, 0.717) is 0 Å². The number of carbonyl (C=O) groups is 2. The molecule has 1 fully saturated rings. The Labute approximate surface area is 96.6 Å². The first-order chi connectivity index (χ1) is 7.49. The lowest BCUT2D eigenvalue weighted by atomic mass is 9.91. The monoisotopic (exact) mass is 227 g/mol. The largest absolute Gasteiger partial charge is 0.354 e. The zero-order valence-corrected chi connectivity index (χ0v) is 10.2. The Balaban J connectivity index is 2.27. The quantitative estimate of drug-likeness (QED) is 0.729. The maximum Gasteiger partial charge on any atom is 0.317 e. The molecule has 3 amide bonds. The van der Waals surface area contributed by atoms with Crippen LogP contribution >= 0.6 is 0 Å². The number of hydrogen-bond donors (Lipinski definition) is 2. The summed E-state index contributed by atoms with van der Waals surface area (Å²) in [5.41, 5.74) is 0. The van der Waals surface area contributed by atoms with Crippen LogP contribution in [0.4, 0.5) is 4.79 Å². The Morgan fingerprint density at radius 2 is 1.44 bits per heavy atom. The molecular formula is C11H21N3O2. The SMILES string of the molecule is CC(=O)NC1CCC(NC(=O)N(C)C)CC1. The first kappa shape index (κ1) is 12.8. The molecule has 0 bridgehead atoms. The molecule has 0 aromatic carbocycles. The topological polar surface area (TPSA) is 61.4 Å². The molecule has 16 heavy (non-hydrogen) atoms. The van der Waals surface area contributed by atoms with Gasteiger partial charge >= 0.3 is 6.03 Å². The van der Waals surface area contributed by atoms with E-state index in [4.69, 9.17) is 0 Å². The molecule has 0 heterocycles. The van der Waals surface area contributed by atoms with Gasteiger partial charge in [-0.15, -0.1) is 0 Å².